The summed E-state index contributed by atoms with van der Waals surface area (Å²) in [5, 5.41) is 0. The van der Waals surface area contributed by atoms with Crippen molar-refractivity contribution in [2.45, 2.75) is 23.8 Å². The minimum absolute atomic E-state index is 0.0784. The molecular formula is C11H15FN2O2S. The first kappa shape index (κ1) is 12.5. The Labute approximate surface area is 100 Å². The van der Waals surface area contributed by atoms with E-state index < -0.39 is 15.8 Å². The van der Waals surface area contributed by atoms with Crippen LogP contribution in [0.25, 0.3) is 0 Å². The third-order valence-corrected chi connectivity index (χ3v) is 4.86. The van der Waals surface area contributed by atoms with Gasteiger partial charge in [0.25, 0.3) is 0 Å². The molecule has 1 aromatic carbocycles. The van der Waals surface area contributed by atoms with Crippen molar-refractivity contribution in [3.05, 3.63) is 30.1 Å². The van der Waals surface area contributed by atoms with Crippen molar-refractivity contribution in [2.75, 3.05) is 13.1 Å². The Bertz CT molecular complexity index is 479. The summed E-state index contributed by atoms with van der Waals surface area (Å²) >= 11 is 0. The Morgan fingerprint density at radius 3 is 2.24 bits per heavy atom. The average Bonchev–Trinajstić information content (AvgIpc) is 2.30. The zero-order valence-corrected chi connectivity index (χ0v) is 10.2. The Morgan fingerprint density at radius 1 is 1.18 bits per heavy atom. The highest BCUT2D eigenvalue weighted by atomic mass is 32.2. The van der Waals surface area contributed by atoms with Gasteiger partial charge < -0.3 is 5.73 Å². The quantitative estimate of drug-likeness (QED) is 0.858. The van der Waals surface area contributed by atoms with Gasteiger partial charge in [-0.1, -0.05) is 0 Å². The molecule has 0 spiro atoms. The van der Waals surface area contributed by atoms with Crippen LogP contribution in [0.1, 0.15) is 12.8 Å². The van der Waals surface area contributed by atoms with Crippen molar-refractivity contribution < 1.29 is 12.8 Å². The van der Waals surface area contributed by atoms with Crippen LogP contribution in [0, 0.1) is 5.82 Å². The number of halogens is 1. The number of piperidine rings is 1. The molecule has 0 aliphatic carbocycles. The molecule has 1 heterocycles. The van der Waals surface area contributed by atoms with Crippen molar-refractivity contribution >= 4 is 10.0 Å². The monoisotopic (exact) mass is 258 g/mol. The molecule has 1 fully saturated rings. The number of nitrogens with two attached hydrogens (primary N) is 1. The van der Waals surface area contributed by atoms with E-state index in [0.29, 0.717) is 25.9 Å². The predicted molar refractivity (Wildman–Crippen MR) is 62.4 cm³/mol. The molecule has 0 saturated carbocycles. The van der Waals surface area contributed by atoms with Gasteiger partial charge in [-0.05, 0) is 37.1 Å². The van der Waals surface area contributed by atoms with E-state index in [-0.39, 0.29) is 10.9 Å². The lowest BCUT2D eigenvalue weighted by molar-refractivity contribution is 0.320. The molecule has 2 rings (SSSR count). The van der Waals surface area contributed by atoms with E-state index in [4.69, 9.17) is 5.73 Å². The van der Waals surface area contributed by atoms with Crippen molar-refractivity contribution in [3.8, 4) is 0 Å². The summed E-state index contributed by atoms with van der Waals surface area (Å²) in [4.78, 5) is 0.134. The van der Waals surface area contributed by atoms with Crippen LogP contribution in [0.5, 0.6) is 0 Å². The molecule has 2 N–H and O–H groups in total. The highest BCUT2D eigenvalue weighted by molar-refractivity contribution is 7.89. The van der Waals surface area contributed by atoms with Gasteiger partial charge in [-0.15, -0.1) is 0 Å². The van der Waals surface area contributed by atoms with Gasteiger partial charge in [0.15, 0.2) is 0 Å². The van der Waals surface area contributed by atoms with Gasteiger partial charge in [-0.3, -0.25) is 0 Å². The molecule has 0 radical (unpaired) electrons. The number of benzene rings is 1. The van der Waals surface area contributed by atoms with Crippen LogP contribution in [0.3, 0.4) is 0 Å². The first-order chi connectivity index (χ1) is 8.00. The molecule has 0 aromatic heterocycles. The fraction of sp³-hybridized carbons (Fsp3) is 0.455. The summed E-state index contributed by atoms with van der Waals surface area (Å²) < 4.78 is 38.5. The topological polar surface area (TPSA) is 63.4 Å². The van der Waals surface area contributed by atoms with E-state index in [1.807, 2.05) is 0 Å². The van der Waals surface area contributed by atoms with Crippen LogP contribution in [0.4, 0.5) is 4.39 Å². The summed E-state index contributed by atoms with van der Waals surface area (Å²) in [5.74, 6) is -0.440. The van der Waals surface area contributed by atoms with Crippen molar-refractivity contribution in [1.29, 1.82) is 0 Å². The van der Waals surface area contributed by atoms with E-state index in [1.165, 1.54) is 16.4 Å². The highest BCUT2D eigenvalue weighted by Gasteiger charge is 2.27. The largest absolute Gasteiger partial charge is 0.328 e. The smallest absolute Gasteiger partial charge is 0.243 e. The van der Waals surface area contributed by atoms with E-state index in [9.17, 15) is 12.8 Å². The third kappa shape index (κ3) is 2.65. The summed E-state index contributed by atoms with van der Waals surface area (Å²) in [5.41, 5.74) is 5.73. The lowest BCUT2D eigenvalue weighted by Crippen LogP contribution is -2.42. The number of sulfonamides is 1. The van der Waals surface area contributed by atoms with Crippen LogP contribution >= 0.6 is 0 Å². The Morgan fingerprint density at radius 2 is 1.71 bits per heavy atom. The Kier molecular flexibility index (Phi) is 3.46. The zero-order chi connectivity index (χ0) is 12.5. The van der Waals surface area contributed by atoms with E-state index in [0.717, 1.165) is 12.1 Å². The summed E-state index contributed by atoms with van der Waals surface area (Å²) in [6.45, 7) is 0.863. The molecule has 0 atom stereocenters. The molecule has 1 saturated heterocycles. The normalized spacial score (nSPS) is 19.4. The van der Waals surface area contributed by atoms with Crippen LogP contribution in [-0.4, -0.2) is 31.9 Å². The zero-order valence-electron chi connectivity index (χ0n) is 9.34. The SMILES string of the molecule is NC1CCN(S(=O)(=O)c2ccc(F)cc2)CC1. The van der Waals surface area contributed by atoms with E-state index >= 15 is 0 Å². The van der Waals surface area contributed by atoms with Gasteiger partial charge >= 0.3 is 0 Å². The maximum Gasteiger partial charge on any atom is 0.243 e. The molecule has 1 aromatic rings. The number of hydrogen-bond donors (Lipinski definition) is 1. The van der Waals surface area contributed by atoms with Gasteiger partial charge in [-0.2, -0.15) is 4.31 Å². The lowest BCUT2D eigenvalue weighted by Gasteiger charge is -2.29. The lowest BCUT2D eigenvalue weighted by atomic mass is 10.1. The van der Waals surface area contributed by atoms with Crippen LogP contribution in [0.15, 0.2) is 29.2 Å². The third-order valence-electron chi connectivity index (χ3n) is 2.95. The van der Waals surface area contributed by atoms with Gasteiger partial charge in [0.1, 0.15) is 5.82 Å². The standard InChI is InChI=1S/C11H15FN2O2S/c12-9-1-3-11(4-2-9)17(15,16)14-7-5-10(13)6-8-14/h1-4,10H,5-8,13H2. The minimum atomic E-state index is -3.49. The Balaban J connectivity index is 2.21. The fourth-order valence-electron chi connectivity index (χ4n) is 1.87. The summed E-state index contributed by atoms with van der Waals surface area (Å²) in [6.07, 6.45) is 1.33. The van der Waals surface area contributed by atoms with Gasteiger partial charge in [0, 0.05) is 19.1 Å². The molecule has 6 heteroatoms. The molecule has 0 amide bonds. The number of hydrogen-bond acceptors (Lipinski definition) is 3. The molecular weight excluding hydrogens is 243 g/mol. The summed E-state index contributed by atoms with van der Waals surface area (Å²) in [7, 11) is -3.49. The van der Waals surface area contributed by atoms with Gasteiger partial charge in [0.05, 0.1) is 4.90 Å². The fourth-order valence-corrected chi connectivity index (χ4v) is 3.34. The van der Waals surface area contributed by atoms with Crippen LogP contribution in [0.2, 0.25) is 0 Å². The van der Waals surface area contributed by atoms with Crippen LogP contribution in [-0.2, 0) is 10.0 Å². The molecule has 17 heavy (non-hydrogen) atoms. The maximum absolute atomic E-state index is 12.7. The van der Waals surface area contributed by atoms with E-state index in [1.54, 1.807) is 0 Å². The van der Waals surface area contributed by atoms with Crippen molar-refractivity contribution in [2.24, 2.45) is 5.73 Å². The molecule has 94 valence electrons. The first-order valence-electron chi connectivity index (χ1n) is 5.51. The molecule has 1 aliphatic heterocycles. The highest BCUT2D eigenvalue weighted by Crippen LogP contribution is 2.20. The second-order valence-corrected chi connectivity index (χ2v) is 6.13. The first-order valence-corrected chi connectivity index (χ1v) is 6.95. The van der Waals surface area contributed by atoms with Gasteiger partial charge in [0.2, 0.25) is 10.0 Å². The maximum atomic E-state index is 12.7. The molecule has 1 aliphatic rings. The molecule has 0 bridgehead atoms. The van der Waals surface area contributed by atoms with E-state index in [2.05, 4.69) is 0 Å². The second kappa shape index (κ2) is 4.72. The molecule has 4 nitrogen and oxygen atoms in total. The predicted octanol–water partition coefficient (Wildman–Crippen LogP) is 0.937. The minimum Gasteiger partial charge on any atom is -0.328 e. The van der Waals surface area contributed by atoms with Crippen molar-refractivity contribution in [3.63, 3.8) is 0 Å². The Hall–Kier alpha value is -0.980. The average molecular weight is 258 g/mol. The number of rotatable bonds is 2. The number of nitrogens with zero attached hydrogens (tertiary/aromatic N) is 1. The van der Waals surface area contributed by atoms with Crippen LogP contribution < -0.4 is 5.73 Å². The second-order valence-electron chi connectivity index (χ2n) is 4.20. The van der Waals surface area contributed by atoms with Crippen molar-refractivity contribution in [1.82, 2.24) is 4.31 Å². The molecule has 0 unspecified atom stereocenters. The van der Waals surface area contributed by atoms with Gasteiger partial charge in [-0.25, -0.2) is 12.8 Å². The summed E-state index contributed by atoms with van der Waals surface area (Å²) in [6, 6.07) is 4.97.